The summed E-state index contributed by atoms with van der Waals surface area (Å²) in [5.74, 6) is 1.44. The highest BCUT2D eigenvalue weighted by atomic mass is 16.5. The van der Waals surface area contributed by atoms with Gasteiger partial charge in [-0.1, -0.05) is 23.4 Å². The molecule has 1 N–H and O–H groups in total. The fourth-order valence-electron chi connectivity index (χ4n) is 2.80. The minimum Gasteiger partial charge on any atom is -0.339 e. The van der Waals surface area contributed by atoms with Crippen molar-refractivity contribution in [2.24, 2.45) is 0 Å². The fourth-order valence-corrected chi connectivity index (χ4v) is 2.80. The Balaban J connectivity index is 1.65. The molecular formula is C17H22N4O2. The maximum atomic E-state index is 12.2. The van der Waals surface area contributed by atoms with Crippen molar-refractivity contribution in [1.82, 2.24) is 15.5 Å². The van der Waals surface area contributed by atoms with E-state index in [0.717, 1.165) is 18.5 Å². The molecule has 1 amide bonds. The lowest BCUT2D eigenvalue weighted by molar-refractivity contribution is -0.118. The van der Waals surface area contributed by atoms with Gasteiger partial charge in [-0.3, -0.25) is 4.79 Å². The van der Waals surface area contributed by atoms with Crippen LogP contribution in [0.4, 0.5) is 5.69 Å². The van der Waals surface area contributed by atoms with Gasteiger partial charge >= 0.3 is 0 Å². The number of nitrogens with one attached hydrogen (secondary N) is 1. The molecule has 3 rings (SSSR count). The van der Waals surface area contributed by atoms with Crippen LogP contribution >= 0.6 is 0 Å². The summed E-state index contributed by atoms with van der Waals surface area (Å²) >= 11 is 0. The molecule has 0 bridgehead atoms. The number of anilines is 1. The Bertz CT molecular complexity index is 683. The molecule has 0 aliphatic carbocycles. The summed E-state index contributed by atoms with van der Waals surface area (Å²) < 4.78 is 5.30. The quantitative estimate of drug-likeness (QED) is 0.879. The minimum atomic E-state index is 0.159. The number of aryl methyl sites for hydroxylation is 1. The molecule has 6 heteroatoms. The third kappa shape index (κ3) is 3.59. The number of carbonyl (C=O) groups is 1. The van der Waals surface area contributed by atoms with Crippen molar-refractivity contribution in [3.8, 4) is 0 Å². The molecule has 0 spiro atoms. The predicted molar refractivity (Wildman–Crippen MR) is 87.3 cm³/mol. The summed E-state index contributed by atoms with van der Waals surface area (Å²) in [7, 11) is 1.91. The summed E-state index contributed by atoms with van der Waals surface area (Å²) in [5, 5.41) is 7.15. The normalized spacial score (nSPS) is 15.6. The highest BCUT2D eigenvalue weighted by Crippen LogP contribution is 2.27. The van der Waals surface area contributed by atoms with Gasteiger partial charge in [0.05, 0.1) is 0 Å². The molecule has 0 fully saturated rings. The Morgan fingerprint density at radius 1 is 1.35 bits per heavy atom. The number of fused-ring (bicyclic) bond motifs is 1. The van der Waals surface area contributed by atoms with Gasteiger partial charge in [0.1, 0.15) is 0 Å². The summed E-state index contributed by atoms with van der Waals surface area (Å²) in [6, 6.07) is 8.36. The van der Waals surface area contributed by atoms with Crippen molar-refractivity contribution >= 4 is 11.6 Å². The van der Waals surface area contributed by atoms with E-state index in [0.29, 0.717) is 37.1 Å². The molecule has 23 heavy (non-hydrogen) atoms. The number of aromatic nitrogens is 2. The van der Waals surface area contributed by atoms with Crippen molar-refractivity contribution in [1.29, 1.82) is 0 Å². The first-order chi connectivity index (χ1) is 11.2. The first kappa shape index (κ1) is 15.7. The number of hydrogen-bond donors (Lipinski definition) is 1. The first-order valence-electron chi connectivity index (χ1n) is 8.04. The highest BCUT2D eigenvalue weighted by Gasteiger charge is 2.24. The Morgan fingerprint density at radius 3 is 3.00 bits per heavy atom. The van der Waals surface area contributed by atoms with Gasteiger partial charge in [0.15, 0.2) is 5.82 Å². The highest BCUT2D eigenvalue weighted by molar-refractivity contribution is 5.96. The Labute approximate surface area is 135 Å². The number of likely N-dealkylation sites (N-methyl/N-ethyl adjacent to an activating group) is 1. The van der Waals surface area contributed by atoms with Gasteiger partial charge < -0.3 is 14.7 Å². The second-order valence-electron chi connectivity index (χ2n) is 5.92. The lowest BCUT2D eigenvalue weighted by Gasteiger charge is -2.28. The average molecular weight is 314 g/mol. The van der Waals surface area contributed by atoms with Crippen molar-refractivity contribution in [3.63, 3.8) is 0 Å². The maximum Gasteiger partial charge on any atom is 0.228 e. The Hall–Kier alpha value is -2.21. The molecule has 0 radical (unpaired) electrons. The SMILES string of the molecule is CNC(C)Cc1noc(CCN2C(=O)CCc3ccccc32)n1. The van der Waals surface area contributed by atoms with Crippen LogP contribution in [-0.2, 0) is 24.1 Å². The molecule has 122 valence electrons. The monoisotopic (exact) mass is 314 g/mol. The van der Waals surface area contributed by atoms with Crippen LogP contribution in [0, 0.1) is 0 Å². The van der Waals surface area contributed by atoms with E-state index in [1.54, 1.807) is 0 Å². The van der Waals surface area contributed by atoms with Crippen LogP contribution in [-0.4, -0.2) is 35.7 Å². The zero-order valence-electron chi connectivity index (χ0n) is 13.6. The molecule has 0 saturated heterocycles. The number of amides is 1. The standard InChI is InChI=1S/C17H22N4O2/c1-12(18-2)11-15-19-16(23-20-15)9-10-21-14-6-4-3-5-13(14)7-8-17(21)22/h3-6,12,18H,7-11H2,1-2H3. The lowest BCUT2D eigenvalue weighted by atomic mass is 10.0. The third-order valence-electron chi connectivity index (χ3n) is 4.23. The van der Waals surface area contributed by atoms with Crippen molar-refractivity contribution < 1.29 is 9.32 Å². The van der Waals surface area contributed by atoms with Gasteiger partial charge in [-0.05, 0) is 32.0 Å². The van der Waals surface area contributed by atoms with Crippen LogP contribution in [0.15, 0.2) is 28.8 Å². The number of benzene rings is 1. The van der Waals surface area contributed by atoms with Gasteiger partial charge in [-0.2, -0.15) is 4.98 Å². The molecule has 1 unspecified atom stereocenters. The topological polar surface area (TPSA) is 71.3 Å². The molecule has 1 aliphatic rings. The van der Waals surface area contributed by atoms with E-state index >= 15 is 0 Å². The van der Waals surface area contributed by atoms with E-state index in [4.69, 9.17) is 4.52 Å². The van der Waals surface area contributed by atoms with Crippen LogP contribution in [0.5, 0.6) is 0 Å². The molecule has 2 aromatic rings. The number of nitrogens with zero attached hydrogens (tertiary/aromatic N) is 3. The molecule has 6 nitrogen and oxygen atoms in total. The molecule has 0 saturated carbocycles. The third-order valence-corrected chi connectivity index (χ3v) is 4.23. The van der Waals surface area contributed by atoms with Gasteiger partial charge in [0.25, 0.3) is 0 Å². The zero-order valence-corrected chi connectivity index (χ0v) is 13.6. The number of para-hydroxylation sites is 1. The molecule has 2 heterocycles. The minimum absolute atomic E-state index is 0.159. The first-order valence-corrected chi connectivity index (χ1v) is 8.04. The van der Waals surface area contributed by atoms with Crippen molar-refractivity contribution in [2.75, 3.05) is 18.5 Å². The predicted octanol–water partition coefficient (Wildman–Crippen LogP) is 1.74. The fraction of sp³-hybridized carbons (Fsp3) is 0.471. The van der Waals surface area contributed by atoms with E-state index in [-0.39, 0.29) is 5.91 Å². The van der Waals surface area contributed by atoms with Crippen LogP contribution in [0.1, 0.15) is 30.6 Å². The van der Waals surface area contributed by atoms with Gasteiger partial charge in [0, 0.05) is 37.5 Å². The van der Waals surface area contributed by atoms with Gasteiger partial charge in [0.2, 0.25) is 11.8 Å². The molecule has 1 atom stereocenters. The summed E-state index contributed by atoms with van der Waals surface area (Å²) in [4.78, 5) is 18.5. The van der Waals surface area contributed by atoms with Crippen LogP contribution in [0.2, 0.25) is 0 Å². The maximum absolute atomic E-state index is 12.2. The lowest BCUT2D eigenvalue weighted by Crippen LogP contribution is -2.36. The average Bonchev–Trinajstić information content (AvgIpc) is 3.01. The second-order valence-corrected chi connectivity index (χ2v) is 5.92. The molecular weight excluding hydrogens is 292 g/mol. The molecule has 1 aliphatic heterocycles. The van der Waals surface area contributed by atoms with Crippen LogP contribution in [0.3, 0.4) is 0 Å². The number of carbonyl (C=O) groups excluding carboxylic acids is 1. The molecule has 1 aromatic carbocycles. The van der Waals surface area contributed by atoms with Crippen LogP contribution in [0.25, 0.3) is 0 Å². The van der Waals surface area contributed by atoms with Crippen LogP contribution < -0.4 is 10.2 Å². The zero-order chi connectivity index (χ0) is 16.2. The summed E-state index contributed by atoms with van der Waals surface area (Å²) in [5.41, 5.74) is 2.23. The number of rotatable bonds is 6. The van der Waals surface area contributed by atoms with Crippen molar-refractivity contribution in [2.45, 2.75) is 38.6 Å². The van der Waals surface area contributed by atoms with Gasteiger partial charge in [-0.25, -0.2) is 0 Å². The van der Waals surface area contributed by atoms with Crippen molar-refractivity contribution in [3.05, 3.63) is 41.5 Å². The van der Waals surface area contributed by atoms with E-state index in [9.17, 15) is 4.79 Å². The van der Waals surface area contributed by atoms with E-state index < -0.39 is 0 Å². The summed E-state index contributed by atoms with van der Waals surface area (Å²) in [6.07, 6.45) is 2.68. The largest absolute Gasteiger partial charge is 0.339 e. The summed E-state index contributed by atoms with van der Waals surface area (Å²) in [6.45, 7) is 2.64. The number of hydrogen-bond acceptors (Lipinski definition) is 5. The van der Waals surface area contributed by atoms with Gasteiger partial charge in [-0.15, -0.1) is 0 Å². The smallest absolute Gasteiger partial charge is 0.228 e. The Morgan fingerprint density at radius 2 is 2.17 bits per heavy atom. The van der Waals surface area contributed by atoms with E-state index in [1.807, 2.05) is 30.1 Å². The Kier molecular flexibility index (Phi) is 4.71. The molecule has 1 aromatic heterocycles. The van der Waals surface area contributed by atoms with E-state index in [2.05, 4.69) is 28.4 Å². The van der Waals surface area contributed by atoms with E-state index in [1.165, 1.54) is 5.56 Å². The second kappa shape index (κ2) is 6.91.